The van der Waals surface area contributed by atoms with Gasteiger partial charge in [0.1, 0.15) is 19.3 Å². The number of likely N-dealkylation sites (N-methyl/N-ethyl adjacent to an activating group) is 1. The summed E-state index contributed by atoms with van der Waals surface area (Å²) >= 11 is 0. The monoisotopic (exact) mass is 1020 g/mol. The van der Waals surface area contributed by atoms with Gasteiger partial charge in [0, 0.05) is 12.8 Å². The van der Waals surface area contributed by atoms with E-state index in [9.17, 15) is 19.0 Å². The maximum absolute atomic E-state index is 13.5. The molecular formula is C61H112N2O7P+. The largest absolute Gasteiger partial charge is 0.472 e. The summed E-state index contributed by atoms with van der Waals surface area (Å²) in [6, 6.07) is -0.873. The van der Waals surface area contributed by atoms with Gasteiger partial charge in [-0.05, 0) is 96.0 Å². The lowest BCUT2D eigenvalue weighted by Gasteiger charge is -2.27. The molecule has 1 amide bonds. The van der Waals surface area contributed by atoms with Gasteiger partial charge in [0.05, 0.1) is 33.8 Å². The van der Waals surface area contributed by atoms with E-state index in [0.717, 1.165) is 77.0 Å². The number of phosphoric ester groups is 1. The molecule has 0 aromatic carbocycles. The summed E-state index contributed by atoms with van der Waals surface area (Å²) in [7, 11) is 1.46. The Morgan fingerprint density at radius 2 is 0.873 bits per heavy atom. The maximum Gasteiger partial charge on any atom is 0.472 e. The van der Waals surface area contributed by atoms with Crippen LogP contribution in [0.2, 0.25) is 0 Å². The Morgan fingerprint density at radius 1 is 0.493 bits per heavy atom. The van der Waals surface area contributed by atoms with Crippen molar-refractivity contribution >= 4 is 19.7 Å². The van der Waals surface area contributed by atoms with Gasteiger partial charge in [-0.25, -0.2) is 4.57 Å². The van der Waals surface area contributed by atoms with E-state index in [1.165, 1.54) is 135 Å². The van der Waals surface area contributed by atoms with E-state index in [1.807, 2.05) is 33.3 Å². The van der Waals surface area contributed by atoms with Crippen LogP contribution in [0.1, 0.15) is 252 Å². The molecule has 0 saturated heterocycles. The zero-order chi connectivity index (χ0) is 52.2. The van der Waals surface area contributed by atoms with Crippen molar-refractivity contribution in [1.82, 2.24) is 5.32 Å². The van der Waals surface area contributed by atoms with Gasteiger partial charge in [-0.2, -0.15) is 0 Å². The molecule has 0 aromatic heterocycles. The van der Waals surface area contributed by atoms with Gasteiger partial charge < -0.3 is 19.4 Å². The molecule has 412 valence electrons. The van der Waals surface area contributed by atoms with Crippen LogP contribution in [0.15, 0.2) is 72.9 Å². The van der Waals surface area contributed by atoms with E-state index < -0.39 is 20.0 Å². The number of carbonyl (C=O) groups is 2. The molecule has 2 N–H and O–H groups in total. The highest BCUT2D eigenvalue weighted by atomic mass is 31.2. The van der Waals surface area contributed by atoms with E-state index >= 15 is 0 Å². The Labute approximate surface area is 438 Å². The summed E-state index contributed by atoms with van der Waals surface area (Å²) in [5.74, 6) is -0.576. The Kier molecular flexibility index (Phi) is 49.1. The number of nitrogens with one attached hydrogen (secondary N) is 1. The number of rotatable bonds is 52. The molecule has 0 aliphatic rings. The molecule has 3 atom stereocenters. The van der Waals surface area contributed by atoms with Crippen LogP contribution in [0.3, 0.4) is 0 Å². The number of allylic oxidation sites excluding steroid dienone is 11. The standard InChI is InChI=1S/C61H111N2O7P/c1-7-10-13-16-19-22-25-27-29-31-33-35-38-41-44-47-50-53-60(64)62-58(57-69-71(66,67)68-56-55-63(4,5)6)59(52-49-46-43-40-37-24-21-18-15-12-9-3)70-61(65)54-51-48-45-42-39-36-34-32-30-28-26-23-20-17-14-11-8-2/h20,23,27-30,34,36,42,45,49,52,58-59H,7-19,21-22,24-26,31-33,35,37-41,43-44,46-48,50-51,53-57H2,1-6H3,(H-,62,64,66,67)/p+1/b23-20-,29-27+,30-28-,36-34-,45-42-,52-49+. The first kappa shape index (κ1) is 68.5. The number of hydrogen-bond acceptors (Lipinski definition) is 6. The minimum atomic E-state index is -4.46. The lowest BCUT2D eigenvalue weighted by atomic mass is 10.1. The van der Waals surface area contributed by atoms with Crippen LogP contribution in [0, 0.1) is 0 Å². The second-order valence-electron chi connectivity index (χ2n) is 20.8. The molecule has 0 heterocycles. The Hall–Kier alpha value is -2.55. The SMILES string of the molecule is CCCCC/C=C\C/C=C\C/C=C\C/C=C\CCCC(=O)OC(/C=C/CCCCCCCCCCC)C(COP(=O)(O)OCC[N+](C)(C)C)NC(=O)CCCCCCCCC/C=C/CCCCCCCC. The van der Waals surface area contributed by atoms with Gasteiger partial charge in [0.2, 0.25) is 5.91 Å². The average molecular weight is 1020 g/mol. The van der Waals surface area contributed by atoms with Crippen molar-refractivity contribution < 1.29 is 37.3 Å². The van der Waals surface area contributed by atoms with Crippen molar-refractivity contribution in [3.63, 3.8) is 0 Å². The van der Waals surface area contributed by atoms with Crippen LogP contribution in [0.5, 0.6) is 0 Å². The summed E-state index contributed by atoms with van der Waals surface area (Å²) in [5, 5.41) is 3.03. The molecule has 0 aliphatic heterocycles. The molecular weight excluding hydrogens is 904 g/mol. The number of ether oxygens (including phenoxy) is 1. The molecule has 0 fully saturated rings. The fraction of sp³-hybridized carbons (Fsp3) is 0.770. The van der Waals surface area contributed by atoms with Crippen LogP contribution < -0.4 is 5.32 Å². The summed E-state index contributed by atoms with van der Waals surface area (Å²) in [4.78, 5) is 37.6. The molecule has 3 unspecified atom stereocenters. The molecule has 9 nitrogen and oxygen atoms in total. The smallest absolute Gasteiger partial charge is 0.456 e. The number of nitrogens with zero attached hydrogens (tertiary/aromatic N) is 1. The van der Waals surface area contributed by atoms with Gasteiger partial charge in [-0.1, -0.05) is 216 Å². The lowest BCUT2D eigenvalue weighted by Crippen LogP contribution is -2.47. The van der Waals surface area contributed by atoms with Crippen molar-refractivity contribution in [3.8, 4) is 0 Å². The molecule has 0 aliphatic carbocycles. The van der Waals surface area contributed by atoms with Crippen LogP contribution >= 0.6 is 7.82 Å². The topological polar surface area (TPSA) is 111 Å². The van der Waals surface area contributed by atoms with Gasteiger partial charge >= 0.3 is 13.8 Å². The summed E-state index contributed by atoms with van der Waals surface area (Å²) in [6.07, 6.45) is 64.7. The van der Waals surface area contributed by atoms with Crippen molar-refractivity contribution in [1.29, 1.82) is 0 Å². The third kappa shape index (κ3) is 52.1. The van der Waals surface area contributed by atoms with Crippen LogP contribution in [-0.2, 0) is 27.9 Å². The molecule has 0 saturated carbocycles. The highest BCUT2D eigenvalue weighted by Crippen LogP contribution is 2.43. The number of carbonyl (C=O) groups excluding carboxylic acids is 2. The first-order valence-electron chi connectivity index (χ1n) is 29.3. The minimum Gasteiger partial charge on any atom is -0.456 e. The van der Waals surface area contributed by atoms with Crippen molar-refractivity contribution in [2.24, 2.45) is 0 Å². The maximum atomic E-state index is 13.5. The summed E-state index contributed by atoms with van der Waals surface area (Å²) in [6.45, 7) is 6.93. The first-order chi connectivity index (χ1) is 34.4. The van der Waals surface area contributed by atoms with Crippen molar-refractivity contribution in [2.75, 3.05) is 40.9 Å². The van der Waals surface area contributed by atoms with E-state index in [0.29, 0.717) is 23.9 Å². The van der Waals surface area contributed by atoms with Crippen molar-refractivity contribution in [2.45, 2.75) is 264 Å². The van der Waals surface area contributed by atoms with E-state index in [1.54, 1.807) is 0 Å². The van der Waals surface area contributed by atoms with Gasteiger partial charge in [-0.3, -0.25) is 18.6 Å². The Morgan fingerprint density at radius 3 is 1.35 bits per heavy atom. The third-order valence-corrected chi connectivity index (χ3v) is 13.6. The normalized spacial score (nSPS) is 14.3. The van der Waals surface area contributed by atoms with Crippen LogP contribution in [0.25, 0.3) is 0 Å². The van der Waals surface area contributed by atoms with Crippen molar-refractivity contribution in [3.05, 3.63) is 72.9 Å². The molecule has 0 rings (SSSR count). The molecule has 0 radical (unpaired) electrons. The second-order valence-corrected chi connectivity index (χ2v) is 22.3. The number of esters is 1. The number of unbranched alkanes of at least 4 members (excludes halogenated alkanes) is 26. The highest BCUT2D eigenvalue weighted by molar-refractivity contribution is 7.47. The summed E-state index contributed by atoms with van der Waals surface area (Å²) < 4.78 is 30.6. The van der Waals surface area contributed by atoms with Crippen LogP contribution in [0.4, 0.5) is 0 Å². The number of hydrogen-bond donors (Lipinski definition) is 2. The number of quaternary nitrogens is 1. The van der Waals surface area contributed by atoms with Gasteiger partial charge in [0.25, 0.3) is 0 Å². The zero-order valence-electron chi connectivity index (χ0n) is 47.0. The zero-order valence-corrected chi connectivity index (χ0v) is 47.8. The molecule has 0 spiro atoms. The number of amides is 1. The molecule has 0 bridgehead atoms. The minimum absolute atomic E-state index is 0.0289. The summed E-state index contributed by atoms with van der Waals surface area (Å²) in [5.41, 5.74) is 0. The van der Waals surface area contributed by atoms with Crippen LogP contribution in [-0.4, -0.2) is 74.3 Å². The Bertz CT molecular complexity index is 1450. The van der Waals surface area contributed by atoms with Gasteiger partial charge in [-0.15, -0.1) is 0 Å². The predicted octanol–water partition coefficient (Wildman–Crippen LogP) is 17.7. The lowest BCUT2D eigenvalue weighted by molar-refractivity contribution is -0.870. The van der Waals surface area contributed by atoms with Gasteiger partial charge in [0.15, 0.2) is 0 Å². The predicted molar refractivity (Wildman–Crippen MR) is 305 cm³/mol. The number of phosphoric acid groups is 1. The third-order valence-electron chi connectivity index (χ3n) is 12.6. The fourth-order valence-corrected chi connectivity index (χ4v) is 8.78. The molecule has 10 heteroatoms. The molecule has 0 aromatic rings. The van der Waals surface area contributed by atoms with E-state index in [-0.39, 0.29) is 31.5 Å². The van der Waals surface area contributed by atoms with E-state index in [2.05, 4.69) is 86.8 Å². The quantitative estimate of drug-likeness (QED) is 0.0205. The highest BCUT2D eigenvalue weighted by Gasteiger charge is 2.30. The second kappa shape index (κ2) is 51.0. The molecule has 71 heavy (non-hydrogen) atoms. The first-order valence-corrected chi connectivity index (χ1v) is 30.8. The van der Waals surface area contributed by atoms with E-state index in [4.69, 9.17) is 13.8 Å². The average Bonchev–Trinajstić information content (AvgIpc) is 3.33. The fourth-order valence-electron chi connectivity index (χ4n) is 8.04. The Balaban J connectivity index is 5.39.